The predicted molar refractivity (Wildman–Crippen MR) is 74.0 cm³/mol. The highest BCUT2D eigenvalue weighted by Gasteiger charge is 2.25. The average Bonchev–Trinajstić information content (AvgIpc) is 2.38. The Morgan fingerprint density at radius 3 is 2.94 bits per heavy atom. The molecule has 0 radical (unpaired) electrons. The van der Waals surface area contributed by atoms with Crippen LogP contribution in [0.25, 0.3) is 10.9 Å². The molecule has 1 heterocycles. The highest BCUT2D eigenvalue weighted by atomic mass is 16.5. The molecule has 0 aliphatic heterocycles. The lowest BCUT2D eigenvalue weighted by atomic mass is 9.81. The number of benzene rings is 1. The van der Waals surface area contributed by atoms with E-state index < -0.39 is 0 Å². The normalized spacial score (nSPS) is 23.1. The number of methoxy groups -OCH3 is 1. The van der Waals surface area contributed by atoms with E-state index in [4.69, 9.17) is 4.74 Å². The maximum atomic E-state index is 5.58. The molecule has 1 aliphatic carbocycles. The van der Waals surface area contributed by atoms with Crippen LogP contribution in [0.2, 0.25) is 0 Å². The first-order valence-corrected chi connectivity index (χ1v) is 6.60. The second-order valence-corrected chi connectivity index (χ2v) is 5.41. The Kier molecular flexibility index (Phi) is 2.83. The minimum atomic E-state index is 0.346. The monoisotopic (exact) mass is 241 g/mol. The van der Waals surface area contributed by atoms with Crippen molar-refractivity contribution in [1.29, 1.82) is 0 Å². The van der Waals surface area contributed by atoms with Crippen molar-refractivity contribution >= 4 is 10.9 Å². The van der Waals surface area contributed by atoms with Gasteiger partial charge >= 0.3 is 0 Å². The molecule has 2 aromatic rings. The Labute approximate surface area is 108 Å². The topological polar surface area (TPSA) is 22.1 Å². The lowest BCUT2D eigenvalue weighted by Gasteiger charge is -2.29. The Hall–Kier alpha value is -1.41. The van der Waals surface area contributed by atoms with Crippen LogP contribution in [0.1, 0.15) is 36.0 Å². The quantitative estimate of drug-likeness (QED) is 0.761. The van der Waals surface area contributed by atoms with Crippen LogP contribution in [0.15, 0.2) is 24.4 Å². The molecule has 2 heteroatoms. The van der Waals surface area contributed by atoms with Gasteiger partial charge < -0.3 is 4.74 Å². The molecule has 1 aromatic heterocycles. The maximum absolute atomic E-state index is 5.58. The van der Waals surface area contributed by atoms with Crippen LogP contribution in [0, 0.1) is 6.92 Å². The van der Waals surface area contributed by atoms with Gasteiger partial charge in [-0.3, -0.25) is 4.98 Å². The van der Waals surface area contributed by atoms with Crippen LogP contribution >= 0.6 is 0 Å². The van der Waals surface area contributed by atoms with Gasteiger partial charge in [0.25, 0.3) is 0 Å². The molecule has 94 valence electrons. The zero-order valence-corrected chi connectivity index (χ0v) is 11.2. The molecule has 0 saturated heterocycles. The highest BCUT2D eigenvalue weighted by molar-refractivity contribution is 5.84. The Balaban J connectivity index is 2.23. The zero-order chi connectivity index (χ0) is 12.7. The summed E-state index contributed by atoms with van der Waals surface area (Å²) in [4.78, 5) is 4.60. The molecule has 1 aromatic carbocycles. The minimum absolute atomic E-state index is 0.346. The van der Waals surface area contributed by atoms with Gasteiger partial charge in [0.1, 0.15) is 0 Å². The average molecular weight is 241 g/mol. The van der Waals surface area contributed by atoms with Crippen molar-refractivity contribution in [2.24, 2.45) is 0 Å². The van der Waals surface area contributed by atoms with Gasteiger partial charge in [-0.2, -0.15) is 0 Å². The van der Waals surface area contributed by atoms with Gasteiger partial charge in [0.05, 0.1) is 11.6 Å². The SMILES string of the molecule is COC1Cc2c(cnc3ccc(C)cc23)C(C)C1. The van der Waals surface area contributed by atoms with E-state index in [0.29, 0.717) is 12.0 Å². The molecule has 2 nitrogen and oxygen atoms in total. The molecule has 0 saturated carbocycles. The van der Waals surface area contributed by atoms with Crippen LogP contribution in [-0.4, -0.2) is 18.2 Å². The number of nitrogens with zero attached hydrogens (tertiary/aromatic N) is 1. The Morgan fingerprint density at radius 1 is 1.33 bits per heavy atom. The van der Waals surface area contributed by atoms with Crippen molar-refractivity contribution in [2.75, 3.05) is 7.11 Å². The molecule has 18 heavy (non-hydrogen) atoms. The third kappa shape index (κ3) is 1.81. The van der Waals surface area contributed by atoms with E-state index >= 15 is 0 Å². The number of pyridine rings is 1. The van der Waals surface area contributed by atoms with Gasteiger partial charge in [-0.05, 0) is 48.9 Å². The van der Waals surface area contributed by atoms with Gasteiger partial charge in [-0.15, -0.1) is 0 Å². The van der Waals surface area contributed by atoms with Crippen LogP contribution in [-0.2, 0) is 11.2 Å². The zero-order valence-electron chi connectivity index (χ0n) is 11.2. The number of aromatic nitrogens is 1. The molecule has 2 atom stereocenters. The predicted octanol–water partition coefficient (Wildman–Crippen LogP) is 3.61. The van der Waals surface area contributed by atoms with Crippen molar-refractivity contribution in [3.63, 3.8) is 0 Å². The molecule has 0 spiro atoms. The molecular weight excluding hydrogens is 222 g/mol. The van der Waals surface area contributed by atoms with Crippen molar-refractivity contribution in [3.8, 4) is 0 Å². The van der Waals surface area contributed by atoms with Gasteiger partial charge in [0.15, 0.2) is 0 Å². The maximum Gasteiger partial charge on any atom is 0.0705 e. The molecule has 0 bridgehead atoms. The second kappa shape index (κ2) is 4.36. The fraction of sp³-hybridized carbons (Fsp3) is 0.438. The number of hydrogen-bond donors (Lipinski definition) is 0. The van der Waals surface area contributed by atoms with Gasteiger partial charge in [-0.1, -0.05) is 18.6 Å². The summed E-state index contributed by atoms with van der Waals surface area (Å²) in [7, 11) is 1.82. The van der Waals surface area contributed by atoms with Crippen molar-refractivity contribution in [1.82, 2.24) is 4.98 Å². The van der Waals surface area contributed by atoms with E-state index in [0.717, 1.165) is 18.4 Å². The first-order valence-electron chi connectivity index (χ1n) is 6.60. The molecule has 3 rings (SSSR count). The Morgan fingerprint density at radius 2 is 2.17 bits per heavy atom. The van der Waals surface area contributed by atoms with E-state index in [2.05, 4.69) is 43.2 Å². The summed E-state index contributed by atoms with van der Waals surface area (Å²) in [5, 5.41) is 1.31. The van der Waals surface area contributed by atoms with Gasteiger partial charge in [0.2, 0.25) is 0 Å². The number of fused-ring (bicyclic) bond motifs is 3. The number of aryl methyl sites for hydroxylation is 1. The third-order valence-corrected chi connectivity index (χ3v) is 4.08. The largest absolute Gasteiger partial charge is 0.381 e. The standard InChI is InChI=1S/C16H19NO/c1-10-4-5-16-14(6-10)13-8-12(18-3)7-11(2)15(13)9-17-16/h4-6,9,11-12H,7-8H2,1-3H3. The fourth-order valence-electron chi connectivity index (χ4n) is 3.04. The summed E-state index contributed by atoms with van der Waals surface area (Å²) in [5.74, 6) is 0.538. The van der Waals surface area contributed by atoms with Gasteiger partial charge in [0, 0.05) is 18.7 Å². The van der Waals surface area contributed by atoms with E-state index in [1.54, 1.807) is 0 Å². The Bertz CT molecular complexity index is 591. The molecular formula is C16H19NO. The molecule has 0 N–H and O–H groups in total. The summed E-state index contributed by atoms with van der Waals surface area (Å²) < 4.78 is 5.58. The summed E-state index contributed by atoms with van der Waals surface area (Å²) in [6.07, 6.45) is 4.52. The summed E-state index contributed by atoms with van der Waals surface area (Å²) in [5.41, 5.74) is 5.24. The lowest BCUT2D eigenvalue weighted by Crippen LogP contribution is -2.24. The van der Waals surface area contributed by atoms with Crippen LogP contribution < -0.4 is 0 Å². The molecule has 0 amide bonds. The minimum Gasteiger partial charge on any atom is -0.381 e. The molecule has 1 aliphatic rings. The number of ether oxygens (including phenoxy) is 1. The first kappa shape index (κ1) is 11.7. The highest BCUT2D eigenvalue weighted by Crippen LogP contribution is 2.35. The van der Waals surface area contributed by atoms with Crippen LogP contribution in [0.5, 0.6) is 0 Å². The first-order chi connectivity index (χ1) is 8.69. The van der Waals surface area contributed by atoms with E-state index in [1.807, 2.05) is 7.11 Å². The lowest BCUT2D eigenvalue weighted by molar-refractivity contribution is 0.0850. The van der Waals surface area contributed by atoms with E-state index in [-0.39, 0.29) is 0 Å². The molecule has 2 unspecified atom stereocenters. The van der Waals surface area contributed by atoms with E-state index in [9.17, 15) is 0 Å². The smallest absolute Gasteiger partial charge is 0.0705 e. The number of hydrogen-bond acceptors (Lipinski definition) is 2. The van der Waals surface area contributed by atoms with E-state index in [1.165, 1.54) is 22.1 Å². The second-order valence-electron chi connectivity index (χ2n) is 5.41. The summed E-state index contributed by atoms with van der Waals surface area (Å²) >= 11 is 0. The molecule has 0 fully saturated rings. The fourth-order valence-corrected chi connectivity index (χ4v) is 3.04. The van der Waals surface area contributed by atoms with Crippen LogP contribution in [0.3, 0.4) is 0 Å². The van der Waals surface area contributed by atoms with Crippen molar-refractivity contribution in [2.45, 2.75) is 38.7 Å². The van der Waals surface area contributed by atoms with Crippen molar-refractivity contribution in [3.05, 3.63) is 41.1 Å². The summed E-state index contributed by atoms with van der Waals surface area (Å²) in [6, 6.07) is 6.50. The number of rotatable bonds is 1. The van der Waals surface area contributed by atoms with Gasteiger partial charge in [-0.25, -0.2) is 0 Å². The van der Waals surface area contributed by atoms with Crippen LogP contribution in [0.4, 0.5) is 0 Å². The third-order valence-electron chi connectivity index (χ3n) is 4.08. The summed E-state index contributed by atoms with van der Waals surface area (Å²) in [6.45, 7) is 4.41. The van der Waals surface area contributed by atoms with Crippen molar-refractivity contribution < 1.29 is 4.74 Å².